The van der Waals surface area contributed by atoms with Crippen molar-refractivity contribution < 1.29 is 23.5 Å². The normalized spacial score (nSPS) is 21.3. The van der Waals surface area contributed by atoms with Gasteiger partial charge >= 0.3 is 0 Å². The Bertz CT molecular complexity index is 867. The van der Waals surface area contributed by atoms with Crippen LogP contribution >= 0.6 is 11.6 Å². The quantitative estimate of drug-likeness (QED) is 0.437. The Balaban J connectivity index is 1.86. The van der Waals surface area contributed by atoms with Crippen LogP contribution in [0.2, 0.25) is 5.02 Å². The van der Waals surface area contributed by atoms with Gasteiger partial charge in [0.2, 0.25) is 0 Å². The largest absolute Gasteiger partial charge is 0.593 e. The summed E-state index contributed by atoms with van der Waals surface area (Å²) < 4.78 is 40.7. The van der Waals surface area contributed by atoms with E-state index < -0.39 is 22.7 Å². The summed E-state index contributed by atoms with van der Waals surface area (Å²) in [6.45, 7) is 4.59. The van der Waals surface area contributed by atoms with Gasteiger partial charge in [0.05, 0.1) is 47.4 Å². The zero-order chi connectivity index (χ0) is 24.0. The maximum Gasteiger partial charge on any atom is 0.266 e. The summed E-state index contributed by atoms with van der Waals surface area (Å²) >= 11 is 4.37. The Morgan fingerprint density at radius 3 is 2.52 bits per heavy atom. The van der Waals surface area contributed by atoms with Crippen LogP contribution in [0, 0.1) is 0 Å². The van der Waals surface area contributed by atoms with Crippen LogP contribution in [0.25, 0.3) is 0 Å². The number of hydrogen-bond donors (Lipinski definition) is 1. The summed E-state index contributed by atoms with van der Waals surface area (Å²) in [7, 11) is 4.80. The Morgan fingerprint density at radius 1 is 1.24 bits per heavy atom. The highest BCUT2D eigenvalue weighted by Crippen LogP contribution is 2.35. The van der Waals surface area contributed by atoms with Gasteiger partial charge in [-0.05, 0) is 38.8 Å². The van der Waals surface area contributed by atoms with Crippen molar-refractivity contribution in [1.29, 1.82) is 0 Å². The first-order valence-corrected chi connectivity index (χ1v) is 12.4. The molecule has 0 amide bonds. The maximum absolute atomic E-state index is 13.3. The molecule has 33 heavy (non-hydrogen) atoms. The fraction of sp³-hybridized carbons (Fsp3) is 0.667. The second kappa shape index (κ2) is 12.3. The van der Waals surface area contributed by atoms with E-state index in [1.54, 1.807) is 33.5 Å². The second-order valence-electron chi connectivity index (χ2n) is 7.99. The molecule has 0 aliphatic carbocycles. The molecule has 0 saturated carbocycles. The van der Waals surface area contributed by atoms with E-state index in [1.807, 2.05) is 18.4 Å². The molecule has 0 bridgehead atoms. The number of pyridine rings is 1. The number of halogens is 1. The summed E-state index contributed by atoms with van der Waals surface area (Å²) in [6, 6.07) is 3.26. The van der Waals surface area contributed by atoms with Crippen LogP contribution in [0.3, 0.4) is 0 Å². The van der Waals surface area contributed by atoms with Crippen molar-refractivity contribution in [3.63, 3.8) is 0 Å². The highest BCUT2D eigenvalue weighted by atomic mass is 35.5. The minimum atomic E-state index is -1.58. The fourth-order valence-electron chi connectivity index (χ4n) is 3.93. The average molecular weight is 502 g/mol. The first-order chi connectivity index (χ1) is 15.9. The topological polar surface area (TPSA) is 116 Å². The molecule has 1 fully saturated rings. The first kappa shape index (κ1) is 26.1. The van der Waals surface area contributed by atoms with Gasteiger partial charge in [-0.3, -0.25) is 9.55 Å². The van der Waals surface area contributed by atoms with Gasteiger partial charge < -0.3 is 23.5 Å². The molecule has 2 aromatic rings. The summed E-state index contributed by atoms with van der Waals surface area (Å²) in [5.74, 6) is 1.02. The van der Waals surface area contributed by atoms with Gasteiger partial charge in [0, 0.05) is 27.5 Å². The van der Waals surface area contributed by atoms with Crippen LogP contribution in [-0.2, 0) is 30.3 Å². The summed E-state index contributed by atoms with van der Waals surface area (Å²) in [6.07, 6.45) is 2.74. The van der Waals surface area contributed by atoms with Gasteiger partial charge in [-0.1, -0.05) is 11.6 Å². The van der Waals surface area contributed by atoms with E-state index in [9.17, 15) is 4.55 Å². The zero-order valence-corrected chi connectivity index (χ0v) is 21.1. The first-order valence-electron chi connectivity index (χ1n) is 10.8. The number of anilines is 1. The molecule has 12 heteroatoms. The number of hydrogen-bond acceptors (Lipinski definition) is 9. The number of ether oxygens (including phenoxy) is 4. The number of methoxy groups -OCH3 is 3. The number of rotatable bonds is 12. The van der Waals surface area contributed by atoms with Crippen molar-refractivity contribution in [2.24, 2.45) is 0 Å². The Labute approximate surface area is 202 Å². The van der Waals surface area contributed by atoms with Crippen molar-refractivity contribution in [3.05, 3.63) is 34.9 Å². The molecule has 1 aliphatic heterocycles. The van der Waals surface area contributed by atoms with Crippen molar-refractivity contribution in [1.82, 2.24) is 19.7 Å². The van der Waals surface area contributed by atoms with Crippen LogP contribution < -0.4 is 4.72 Å². The third-order valence-corrected chi connectivity index (χ3v) is 7.11. The van der Waals surface area contributed by atoms with E-state index >= 15 is 0 Å². The van der Waals surface area contributed by atoms with Crippen molar-refractivity contribution >= 4 is 28.9 Å². The SMILES string of the molecule is COCC(COC)n1c(N[S+]([O-])C(C)C(OC)c2ccc(Cl)cn2)nnc1C1CCC(C)O1. The van der Waals surface area contributed by atoms with E-state index in [0.717, 1.165) is 12.8 Å². The lowest BCUT2D eigenvalue weighted by molar-refractivity contribution is 0.0406. The van der Waals surface area contributed by atoms with E-state index in [-0.39, 0.29) is 18.2 Å². The van der Waals surface area contributed by atoms with Crippen LogP contribution in [0.1, 0.15) is 56.5 Å². The Hall–Kier alpha value is -1.47. The zero-order valence-electron chi connectivity index (χ0n) is 19.6. The van der Waals surface area contributed by atoms with E-state index in [4.69, 9.17) is 30.5 Å². The van der Waals surface area contributed by atoms with Gasteiger partial charge in [0.1, 0.15) is 12.2 Å². The van der Waals surface area contributed by atoms with Crippen LogP contribution in [-0.4, -0.2) is 70.2 Å². The molecule has 0 radical (unpaired) electrons. The van der Waals surface area contributed by atoms with Crippen molar-refractivity contribution in [3.8, 4) is 0 Å². The van der Waals surface area contributed by atoms with Gasteiger partial charge in [-0.15, -0.1) is 10.2 Å². The molecular formula is C21H32ClN5O5S. The molecule has 0 aromatic carbocycles. The lowest BCUT2D eigenvalue weighted by atomic mass is 10.2. The smallest absolute Gasteiger partial charge is 0.266 e. The minimum absolute atomic E-state index is 0.142. The molecule has 1 aliphatic rings. The van der Waals surface area contributed by atoms with Gasteiger partial charge in [-0.25, -0.2) is 0 Å². The molecule has 1 N–H and O–H groups in total. The fourth-order valence-corrected chi connectivity index (χ4v) is 5.02. The third kappa shape index (κ3) is 6.36. The van der Waals surface area contributed by atoms with Crippen LogP contribution in [0.15, 0.2) is 18.3 Å². The van der Waals surface area contributed by atoms with Gasteiger partial charge in [-0.2, -0.15) is 4.72 Å². The predicted molar refractivity (Wildman–Crippen MR) is 126 cm³/mol. The standard InChI is InChI=1S/C21H32ClN5O5S/c1-13-6-9-18(32-13)20-24-25-21(27(20)16(11-29-3)12-30-4)26-33(28)14(2)19(31-5)17-8-7-15(22)10-23-17/h7-8,10,13-14,16,18-19H,6,9,11-12H2,1-5H3,(H,25,26). The molecule has 10 nitrogen and oxygen atoms in total. The predicted octanol–water partition coefficient (Wildman–Crippen LogP) is 3.25. The lowest BCUT2D eigenvalue weighted by Gasteiger charge is -2.26. The second-order valence-corrected chi connectivity index (χ2v) is 9.97. The lowest BCUT2D eigenvalue weighted by Crippen LogP contribution is -2.34. The Morgan fingerprint density at radius 2 is 1.97 bits per heavy atom. The monoisotopic (exact) mass is 501 g/mol. The minimum Gasteiger partial charge on any atom is -0.593 e. The molecule has 184 valence electrons. The van der Waals surface area contributed by atoms with Gasteiger partial charge in [0.25, 0.3) is 5.95 Å². The molecular weight excluding hydrogens is 470 g/mol. The van der Waals surface area contributed by atoms with E-state index in [1.165, 1.54) is 6.20 Å². The molecule has 1 saturated heterocycles. The summed E-state index contributed by atoms with van der Waals surface area (Å²) in [5.41, 5.74) is 0.636. The van der Waals surface area contributed by atoms with Gasteiger partial charge in [0.15, 0.2) is 11.1 Å². The number of nitrogens with one attached hydrogen (secondary N) is 1. The molecule has 5 unspecified atom stereocenters. The molecule has 3 rings (SSSR count). The summed E-state index contributed by atoms with van der Waals surface area (Å²) in [4.78, 5) is 4.32. The molecule has 3 heterocycles. The maximum atomic E-state index is 13.3. The molecule has 2 aromatic heterocycles. The highest BCUT2D eigenvalue weighted by molar-refractivity contribution is 7.93. The van der Waals surface area contributed by atoms with Crippen LogP contribution in [0.4, 0.5) is 5.95 Å². The average Bonchev–Trinajstić information content (AvgIpc) is 3.41. The molecule has 0 spiro atoms. The van der Waals surface area contributed by atoms with E-state index in [0.29, 0.717) is 35.7 Å². The third-order valence-electron chi connectivity index (χ3n) is 5.58. The Kier molecular flexibility index (Phi) is 9.74. The highest BCUT2D eigenvalue weighted by Gasteiger charge is 2.35. The summed E-state index contributed by atoms with van der Waals surface area (Å²) in [5, 5.41) is 8.76. The molecule has 5 atom stereocenters. The van der Waals surface area contributed by atoms with Crippen molar-refractivity contribution in [2.45, 2.75) is 56.3 Å². The van der Waals surface area contributed by atoms with Crippen molar-refractivity contribution in [2.75, 3.05) is 39.3 Å². The number of aromatic nitrogens is 4. The van der Waals surface area contributed by atoms with E-state index in [2.05, 4.69) is 19.9 Å². The van der Waals surface area contributed by atoms with Crippen LogP contribution in [0.5, 0.6) is 0 Å². The number of nitrogens with zero attached hydrogens (tertiary/aromatic N) is 4.